The number of aromatic nitrogens is 5. The van der Waals surface area contributed by atoms with Crippen LogP contribution in [-0.4, -0.2) is 36.0 Å². The molecule has 0 radical (unpaired) electrons. The van der Waals surface area contributed by atoms with Crippen molar-refractivity contribution in [3.63, 3.8) is 0 Å². The van der Waals surface area contributed by atoms with Crippen LogP contribution < -0.4 is 0 Å². The molecule has 4 aromatic rings. The van der Waals surface area contributed by atoms with Crippen molar-refractivity contribution < 1.29 is 4.79 Å². The predicted octanol–water partition coefficient (Wildman–Crippen LogP) is 4.05. The first-order valence-corrected chi connectivity index (χ1v) is 10.7. The number of nitrogens with zero attached hydrogens (tertiary/aromatic N) is 6. The molecule has 32 heavy (non-hydrogen) atoms. The highest BCUT2D eigenvalue weighted by Crippen LogP contribution is 2.14. The number of carbonyl (C=O) groups is 1. The van der Waals surface area contributed by atoms with Gasteiger partial charge in [0.25, 0.3) is 0 Å². The van der Waals surface area contributed by atoms with Gasteiger partial charge in [0.2, 0.25) is 11.7 Å². The highest BCUT2D eigenvalue weighted by molar-refractivity contribution is 5.76. The van der Waals surface area contributed by atoms with Crippen LogP contribution in [0.3, 0.4) is 0 Å². The monoisotopic (exact) mass is 426 g/mol. The van der Waals surface area contributed by atoms with Crippen LogP contribution in [0.5, 0.6) is 0 Å². The van der Waals surface area contributed by atoms with Gasteiger partial charge in [-0.05, 0) is 36.3 Å². The Morgan fingerprint density at radius 1 is 0.969 bits per heavy atom. The molecular formula is C25H26N6O. The van der Waals surface area contributed by atoms with E-state index in [0.717, 1.165) is 16.8 Å². The molecule has 2 aromatic heterocycles. The van der Waals surface area contributed by atoms with Crippen LogP contribution in [-0.2, 0) is 24.4 Å². The summed E-state index contributed by atoms with van der Waals surface area (Å²) in [6.45, 7) is 3.63. The van der Waals surface area contributed by atoms with E-state index in [1.807, 2.05) is 59.5 Å². The van der Waals surface area contributed by atoms with Crippen molar-refractivity contribution in [3.05, 3.63) is 95.8 Å². The summed E-state index contributed by atoms with van der Waals surface area (Å²) in [5, 5.41) is 12.7. The summed E-state index contributed by atoms with van der Waals surface area (Å²) in [6, 6.07) is 23.8. The molecule has 162 valence electrons. The van der Waals surface area contributed by atoms with Crippen LogP contribution in [0.25, 0.3) is 11.4 Å². The van der Waals surface area contributed by atoms with E-state index >= 15 is 0 Å². The van der Waals surface area contributed by atoms with E-state index in [0.29, 0.717) is 38.3 Å². The molecule has 2 aromatic carbocycles. The third-order valence-electron chi connectivity index (χ3n) is 5.12. The molecule has 0 aliphatic carbocycles. The molecule has 0 fully saturated rings. The van der Waals surface area contributed by atoms with Crippen molar-refractivity contribution >= 4 is 5.91 Å². The number of carbonyl (C=O) groups excluding carboxylic acids is 1. The fourth-order valence-corrected chi connectivity index (χ4v) is 3.52. The van der Waals surface area contributed by atoms with E-state index in [-0.39, 0.29) is 5.91 Å². The minimum absolute atomic E-state index is 0.0838. The van der Waals surface area contributed by atoms with Crippen molar-refractivity contribution in [1.82, 2.24) is 30.1 Å². The van der Waals surface area contributed by atoms with Crippen molar-refractivity contribution in [2.45, 2.75) is 39.4 Å². The lowest BCUT2D eigenvalue weighted by molar-refractivity contribution is -0.132. The zero-order valence-corrected chi connectivity index (χ0v) is 18.1. The van der Waals surface area contributed by atoms with Gasteiger partial charge in [-0.25, -0.2) is 0 Å². The second-order valence-electron chi connectivity index (χ2n) is 7.74. The lowest BCUT2D eigenvalue weighted by Crippen LogP contribution is -2.30. The predicted molar refractivity (Wildman–Crippen MR) is 122 cm³/mol. The Balaban J connectivity index is 1.38. The summed E-state index contributed by atoms with van der Waals surface area (Å²) in [7, 11) is 0. The molecule has 1 amide bonds. The summed E-state index contributed by atoms with van der Waals surface area (Å²) in [5.41, 5.74) is 4.09. The zero-order chi connectivity index (χ0) is 22.2. The number of benzene rings is 2. The Labute approximate surface area is 187 Å². The summed E-state index contributed by atoms with van der Waals surface area (Å²) in [4.78, 5) is 20.9. The molecule has 0 spiro atoms. The maximum atomic E-state index is 13.1. The fourth-order valence-electron chi connectivity index (χ4n) is 3.52. The number of tetrazole rings is 1. The molecular weight excluding hydrogens is 400 g/mol. The number of rotatable bonds is 9. The van der Waals surface area contributed by atoms with Crippen molar-refractivity contribution in [2.24, 2.45) is 0 Å². The maximum Gasteiger partial charge on any atom is 0.223 e. The summed E-state index contributed by atoms with van der Waals surface area (Å²) in [6.07, 6.45) is 2.79. The normalized spacial score (nSPS) is 10.8. The minimum atomic E-state index is 0.0838. The topological polar surface area (TPSA) is 76.8 Å². The van der Waals surface area contributed by atoms with Crippen molar-refractivity contribution in [2.75, 3.05) is 0 Å². The highest BCUT2D eigenvalue weighted by Gasteiger charge is 2.16. The molecule has 0 aliphatic heterocycles. The number of aryl methyl sites for hydroxylation is 2. The molecule has 7 heteroatoms. The van der Waals surface area contributed by atoms with Crippen LogP contribution in [0.15, 0.2) is 79.0 Å². The molecule has 0 unspecified atom stereocenters. The molecule has 7 nitrogen and oxygen atoms in total. The van der Waals surface area contributed by atoms with E-state index in [1.54, 1.807) is 11.0 Å². The maximum absolute atomic E-state index is 13.1. The summed E-state index contributed by atoms with van der Waals surface area (Å²) < 4.78 is 0. The lowest BCUT2D eigenvalue weighted by atomic mass is 10.1. The van der Waals surface area contributed by atoms with Gasteiger partial charge in [0.1, 0.15) is 0 Å². The Kier molecular flexibility index (Phi) is 6.97. The van der Waals surface area contributed by atoms with Gasteiger partial charge in [-0.3, -0.25) is 9.78 Å². The SMILES string of the molecule is Cc1cccc(CN(Cc2ccccn2)C(=O)CCCn2nnc(-c3ccccc3)n2)c1. The first kappa shape index (κ1) is 21.4. The Bertz CT molecular complexity index is 1140. The number of hydrogen-bond donors (Lipinski definition) is 0. The smallest absolute Gasteiger partial charge is 0.223 e. The van der Waals surface area contributed by atoms with Crippen LogP contribution in [0.1, 0.15) is 29.7 Å². The second-order valence-corrected chi connectivity index (χ2v) is 7.74. The molecule has 0 atom stereocenters. The van der Waals surface area contributed by atoms with Crippen LogP contribution in [0.2, 0.25) is 0 Å². The average molecular weight is 427 g/mol. The van der Waals surface area contributed by atoms with E-state index in [2.05, 4.69) is 45.5 Å². The summed E-state index contributed by atoms with van der Waals surface area (Å²) >= 11 is 0. The van der Waals surface area contributed by atoms with Crippen LogP contribution in [0, 0.1) is 6.92 Å². The van der Waals surface area contributed by atoms with E-state index in [4.69, 9.17) is 0 Å². The lowest BCUT2D eigenvalue weighted by Gasteiger charge is -2.23. The van der Waals surface area contributed by atoms with E-state index in [1.165, 1.54) is 5.56 Å². The molecule has 4 rings (SSSR count). The molecule has 0 aliphatic rings. The standard InChI is InChI=1S/C25H26N6O/c1-20-9-7-10-21(17-20)18-30(19-23-13-5-6-15-26-23)24(32)14-8-16-31-28-25(27-29-31)22-11-3-2-4-12-22/h2-7,9-13,15,17H,8,14,16,18-19H2,1H3. The third kappa shape index (κ3) is 5.85. The Morgan fingerprint density at radius 3 is 2.59 bits per heavy atom. The average Bonchev–Trinajstić information content (AvgIpc) is 3.29. The van der Waals surface area contributed by atoms with E-state index < -0.39 is 0 Å². The molecule has 0 N–H and O–H groups in total. The number of pyridine rings is 1. The van der Waals surface area contributed by atoms with Crippen LogP contribution in [0.4, 0.5) is 0 Å². The third-order valence-corrected chi connectivity index (χ3v) is 5.12. The number of amides is 1. The fraction of sp³-hybridized carbons (Fsp3) is 0.240. The van der Waals surface area contributed by atoms with Crippen molar-refractivity contribution in [3.8, 4) is 11.4 Å². The van der Waals surface area contributed by atoms with Gasteiger partial charge in [0.15, 0.2) is 0 Å². The Morgan fingerprint density at radius 2 is 1.81 bits per heavy atom. The van der Waals surface area contributed by atoms with E-state index in [9.17, 15) is 4.79 Å². The molecule has 0 saturated heterocycles. The van der Waals surface area contributed by atoms with Gasteiger partial charge in [-0.2, -0.15) is 4.80 Å². The number of hydrogen-bond acceptors (Lipinski definition) is 5. The van der Waals surface area contributed by atoms with Gasteiger partial charge in [0.05, 0.1) is 18.8 Å². The first-order chi connectivity index (χ1) is 15.7. The zero-order valence-electron chi connectivity index (χ0n) is 18.1. The van der Waals surface area contributed by atoms with Crippen molar-refractivity contribution in [1.29, 1.82) is 0 Å². The minimum Gasteiger partial charge on any atom is -0.332 e. The largest absolute Gasteiger partial charge is 0.332 e. The first-order valence-electron chi connectivity index (χ1n) is 10.7. The molecule has 2 heterocycles. The van der Waals surface area contributed by atoms with Gasteiger partial charge < -0.3 is 4.90 Å². The summed E-state index contributed by atoms with van der Waals surface area (Å²) in [5.74, 6) is 0.675. The second kappa shape index (κ2) is 10.4. The highest BCUT2D eigenvalue weighted by atomic mass is 16.2. The van der Waals surface area contributed by atoms with Gasteiger partial charge in [0, 0.05) is 24.7 Å². The quantitative estimate of drug-likeness (QED) is 0.403. The molecule has 0 saturated carbocycles. The molecule has 0 bridgehead atoms. The van der Waals surface area contributed by atoms with Gasteiger partial charge in [-0.1, -0.05) is 66.2 Å². The van der Waals surface area contributed by atoms with Gasteiger partial charge in [-0.15, -0.1) is 10.2 Å². The van der Waals surface area contributed by atoms with Gasteiger partial charge >= 0.3 is 0 Å². The Hall–Kier alpha value is -3.87. The van der Waals surface area contributed by atoms with Crippen LogP contribution >= 0.6 is 0 Å².